The van der Waals surface area contributed by atoms with E-state index in [2.05, 4.69) is 11.9 Å². The average molecular weight is 277 g/mol. The Morgan fingerprint density at radius 3 is 2.74 bits per heavy atom. The van der Waals surface area contributed by atoms with Crippen LogP contribution in [0.25, 0.3) is 0 Å². The Hall–Kier alpha value is -1.58. The van der Waals surface area contributed by atoms with Crippen molar-refractivity contribution < 1.29 is 4.74 Å². The summed E-state index contributed by atoms with van der Waals surface area (Å²) >= 11 is 6.09. The van der Waals surface area contributed by atoms with Gasteiger partial charge in [-0.15, -0.1) is 0 Å². The highest BCUT2D eigenvalue weighted by molar-refractivity contribution is 6.31. The summed E-state index contributed by atoms with van der Waals surface area (Å²) in [6.45, 7) is 4.50. The molecule has 0 unspecified atom stereocenters. The molecule has 0 spiro atoms. The topological polar surface area (TPSA) is 48.1 Å². The Kier molecular flexibility index (Phi) is 4.40. The Morgan fingerprint density at radius 1 is 1.32 bits per heavy atom. The molecule has 0 radical (unpaired) electrons. The van der Waals surface area contributed by atoms with Gasteiger partial charge in [-0.25, -0.2) is 4.98 Å². The molecule has 0 atom stereocenters. The summed E-state index contributed by atoms with van der Waals surface area (Å²) < 4.78 is 5.80. The van der Waals surface area contributed by atoms with Crippen molar-refractivity contribution >= 4 is 11.6 Å². The van der Waals surface area contributed by atoms with Crippen LogP contribution in [0.3, 0.4) is 0 Å². The van der Waals surface area contributed by atoms with E-state index < -0.39 is 0 Å². The number of nitrogens with zero attached hydrogens (tertiary/aromatic N) is 1. The number of hydrogen-bond acceptors (Lipinski definition) is 3. The van der Waals surface area contributed by atoms with Crippen LogP contribution in [0.5, 0.6) is 11.6 Å². The summed E-state index contributed by atoms with van der Waals surface area (Å²) in [4.78, 5) is 4.29. The highest BCUT2D eigenvalue weighted by atomic mass is 35.5. The molecule has 2 N–H and O–H groups in total. The van der Waals surface area contributed by atoms with Crippen molar-refractivity contribution in [2.75, 3.05) is 0 Å². The Morgan fingerprint density at radius 2 is 2.11 bits per heavy atom. The maximum atomic E-state index is 6.09. The molecule has 100 valence electrons. The zero-order chi connectivity index (χ0) is 13.8. The van der Waals surface area contributed by atoms with Crippen LogP contribution in [0.1, 0.15) is 23.6 Å². The van der Waals surface area contributed by atoms with Crippen molar-refractivity contribution in [3.8, 4) is 11.6 Å². The molecule has 0 aliphatic carbocycles. The number of ether oxygens (including phenoxy) is 1. The highest BCUT2D eigenvalue weighted by Gasteiger charge is 2.06. The normalized spacial score (nSPS) is 10.5. The number of nitrogens with two attached hydrogens (primary N) is 1. The van der Waals surface area contributed by atoms with Crippen molar-refractivity contribution in [2.24, 2.45) is 5.73 Å². The van der Waals surface area contributed by atoms with Gasteiger partial charge in [-0.3, -0.25) is 0 Å². The van der Waals surface area contributed by atoms with Gasteiger partial charge >= 0.3 is 0 Å². The third-order valence-corrected chi connectivity index (χ3v) is 3.30. The minimum Gasteiger partial charge on any atom is -0.439 e. The standard InChI is InChI=1S/C15H17ClN2O/c1-3-12-7-13(4-5-14(12)16)19-15-10(2)6-11(8-17)9-18-15/h4-7,9H,3,8,17H2,1-2H3. The minimum atomic E-state index is 0.481. The minimum absolute atomic E-state index is 0.481. The Labute approximate surface area is 118 Å². The first-order valence-corrected chi connectivity index (χ1v) is 6.63. The first kappa shape index (κ1) is 13.8. The van der Waals surface area contributed by atoms with E-state index in [9.17, 15) is 0 Å². The van der Waals surface area contributed by atoms with Gasteiger partial charge in [0.1, 0.15) is 5.75 Å². The van der Waals surface area contributed by atoms with E-state index in [1.54, 1.807) is 6.20 Å². The molecule has 0 bridgehead atoms. The second-order valence-corrected chi connectivity index (χ2v) is 4.79. The average Bonchev–Trinajstić information content (AvgIpc) is 2.43. The van der Waals surface area contributed by atoms with Crippen LogP contribution < -0.4 is 10.5 Å². The number of benzene rings is 1. The highest BCUT2D eigenvalue weighted by Crippen LogP contribution is 2.27. The van der Waals surface area contributed by atoms with Gasteiger partial charge in [0.2, 0.25) is 5.88 Å². The number of pyridine rings is 1. The molecule has 0 aliphatic heterocycles. The SMILES string of the molecule is CCc1cc(Oc2ncc(CN)cc2C)ccc1Cl. The third kappa shape index (κ3) is 3.25. The summed E-state index contributed by atoms with van der Waals surface area (Å²) in [6.07, 6.45) is 2.60. The molecule has 0 amide bonds. The van der Waals surface area contributed by atoms with Gasteiger partial charge in [-0.1, -0.05) is 18.5 Å². The molecule has 0 saturated carbocycles. The number of hydrogen-bond donors (Lipinski definition) is 1. The van der Waals surface area contributed by atoms with E-state index in [-0.39, 0.29) is 0 Å². The molecular weight excluding hydrogens is 260 g/mol. The van der Waals surface area contributed by atoms with Gasteiger partial charge in [-0.05, 0) is 48.7 Å². The number of aryl methyl sites for hydroxylation is 2. The second kappa shape index (κ2) is 6.04. The molecular formula is C15H17ClN2O. The first-order valence-electron chi connectivity index (χ1n) is 6.26. The predicted octanol–water partition coefficient (Wildman–Crippen LogP) is 3.86. The molecule has 0 aliphatic rings. The summed E-state index contributed by atoms with van der Waals surface area (Å²) in [5.41, 5.74) is 8.61. The molecule has 1 aromatic carbocycles. The molecule has 2 aromatic rings. The Bertz CT molecular complexity index is 584. The van der Waals surface area contributed by atoms with Crippen molar-refractivity contribution in [3.05, 3.63) is 52.2 Å². The lowest BCUT2D eigenvalue weighted by atomic mass is 10.1. The fourth-order valence-corrected chi connectivity index (χ4v) is 2.09. The second-order valence-electron chi connectivity index (χ2n) is 4.38. The van der Waals surface area contributed by atoms with Crippen LogP contribution in [-0.2, 0) is 13.0 Å². The van der Waals surface area contributed by atoms with E-state index in [4.69, 9.17) is 22.1 Å². The van der Waals surface area contributed by atoms with Gasteiger partial charge < -0.3 is 10.5 Å². The maximum Gasteiger partial charge on any atom is 0.222 e. The molecule has 0 fully saturated rings. The largest absolute Gasteiger partial charge is 0.439 e. The molecule has 19 heavy (non-hydrogen) atoms. The van der Waals surface area contributed by atoms with E-state index >= 15 is 0 Å². The summed E-state index contributed by atoms with van der Waals surface area (Å²) in [5.74, 6) is 1.35. The summed E-state index contributed by atoms with van der Waals surface area (Å²) in [6, 6.07) is 7.62. The first-order chi connectivity index (χ1) is 9.13. The maximum absolute atomic E-state index is 6.09. The zero-order valence-electron chi connectivity index (χ0n) is 11.1. The molecule has 4 heteroatoms. The molecule has 0 saturated heterocycles. The van der Waals surface area contributed by atoms with Gasteiger partial charge in [0.25, 0.3) is 0 Å². The third-order valence-electron chi connectivity index (χ3n) is 2.94. The van der Waals surface area contributed by atoms with Gasteiger partial charge in [0, 0.05) is 23.3 Å². The van der Waals surface area contributed by atoms with Crippen molar-refractivity contribution in [1.82, 2.24) is 4.98 Å². The zero-order valence-corrected chi connectivity index (χ0v) is 11.9. The smallest absolute Gasteiger partial charge is 0.222 e. The van der Waals surface area contributed by atoms with Crippen LogP contribution in [0, 0.1) is 6.92 Å². The lowest BCUT2D eigenvalue weighted by molar-refractivity contribution is 0.458. The van der Waals surface area contributed by atoms with E-state index in [0.717, 1.165) is 33.9 Å². The van der Waals surface area contributed by atoms with E-state index in [0.29, 0.717) is 12.4 Å². The van der Waals surface area contributed by atoms with Crippen LogP contribution in [0.15, 0.2) is 30.5 Å². The van der Waals surface area contributed by atoms with Crippen LogP contribution in [0.4, 0.5) is 0 Å². The monoisotopic (exact) mass is 276 g/mol. The number of rotatable bonds is 4. The van der Waals surface area contributed by atoms with Crippen LogP contribution in [-0.4, -0.2) is 4.98 Å². The number of halogens is 1. The number of aromatic nitrogens is 1. The van der Waals surface area contributed by atoms with E-state index in [1.807, 2.05) is 31.2 Å². The Balaban J connectivity index is 2.26. The lowest BCUT2D eigenvalue weighted by Crippen LogP contribution is -1.99. The molecule has 3 nitrogen and oxygen atoms in total. The summed E-state index contributed by atoms with van der Waals surface area (Å²) in [7, 11) is 0. The van der Waals surface area contributed by atoms with Gasteiger partial charge in [0.05, 0.1) is 0 Å². The quantitative estimate of drug-likeness (QED) is 0.922. The van der Waals surface area contributed by atoms with E-state index in [1.165, 1.54) is 0 Å². The van der Waals surface area contributed by atoms with Gasteiger partial charge in [0.15, 0.2) is 0 Å². The van der Waals surface area contributed by atoms with Gasteiger partial charge in [-0.2, -0.15) is 0 Å². The summed E-state index contributed by atoms with van der Waals surface area (Å²) in [5, 5.41) is 0.762. The van der Waals surface area contributed by atoms with Crippen molar-refractivity contribution in [3.63, 3.8) is 0 Å². The van der Waals surface area contributed by atoms with Crippen LogP contribution in [0.2, 0.25) is 5.02 Å². The van der Waals surface area contributed by atoms with Crippen molar-refractivity contribution in [1.29, 1.82) is 0 Å². The van der Waals surface area contributed by atoms with Crippen molar-refractivity contribution in [2.45, 2.75) is 26.8 Å². The molecule has 2 rings (SSSR count). The predicted molar refractivity (Wildman–Crippen MR) is 77.8 cm³/mol. The fraction of sp³-hybridized carbons (Fsp3) is 0.267. The fourth-order valence-electron chi connectivity index (χ4n) is 1.84. The lowest BCUT2D eigenvalue weighted by Gasteiger charge is -2.10. The van der Waals surface area contributed by atoms with Crippen LogP contribution >= 0.6 is 11.6 Å². The molecule has 1 heterocycles. The molecule has 1 aromatic heterocycles.